The van der Waals surface area contributed by atoms with Crippen molar-refractivity contribution in [1.29, 1.82) is 0 Å². The van der Waals surface area contributed by atoms with Crippen molar-refractivity contribution in [3.8, 4) is 5.75 Å². The standard InChI is InChI=1S/C20H28N4O2.HI/c1-3-21-20(23-14-17-7-6-12-26-17)22-13-16-10-11-24(15-16)18-8-4-5-9-19(18)25-2;/h4-9,12,16H,3,10-11,13-15H2,1-2H3,(H2,21,22,23);1H. The van der Waals surface area contributed by atoms with Crippen LogP contribution >= 0.6 is 24.0 Å². The first-order valence-corrected chi connectivity index (χ1v) is 9.22. The summed E-state index contributed by atoms with van der Waals surface area (Å²) in [5.41, 5.74) is 1.18. The SMILES string of the molecule is CCNC(=NCc1ccco1)NCC1CCN(c2ccccc2OC)C1.I. The largest absolute Gasteiger partial charge is 0.495 e. The van der Waals surface area contributed by atoms with E-state index in [2.05, 4.69) is 39.6 Å². The van der Waals surface area contributed by atoms with Gasteiger partial charge in [-0.25, -0.2) is 4.99 Å². The normalized spacial score (nSPS) is 16.7. The predicted molar refractivity (Wildman–Crippen MR) is 120 cm³/mol. The molecule has 1 saturated heterocycles. The Morgan fingerprint density at radius 3 is 2.85 bits per heavy atom. The average molecular weight is 484 g/mol. The summed E-state index contributed by atoms with van der Waals surface area (Å²) in [6.45, 7) is 6.42. The first-order valence-electron chi connectivity index (χ1n) is 9.22. The van der Waals surface area contributed by atoms with Gasteiger partial charge in [0.15, 0.2) is 5.96 Å². The van der Waals surface area contributed by atoms with Crippen molar-refractivity contribution >= 4 is 35.6 Å². The molecule has 1 aliphatic rings. The van der Waals surface area contributed by atoms with Crippen LogP contribution in [-0.4, -0.2) is 39.2 Å². The molecule has 3 rings (SSSR count). The van der Waals surface area contributed by atoms with Gasteiger partial charge in [-0.2, -0.15) is 0 Å². The Hall–Kier alpha value is -1.90. The number of rotatable bonds is 7. The first kappa shape index (κ1) is 21.4. The summed E-state index contributed by atoms with van der Waals surface area (Å²) in [6, 6.07) is 12.0. The highest BCUT2D eigenvalue weighted by molar-refractivity contribution is 14.0. The molecule has 1 unspecified atom stereocenters. The van der Waals surface area contributed by atoms with Crippen LogP contribution < -0.4 is 20.3 Å². The summed E-state index contributed by atoms with van der Waals surface area (Å²) in [7, 11) is 1.73. The quantitative estimate of drug-likeness (QED) is 0.358. The monoisotopic (exact) mass is 484 g/mol. The van der Waals surface area contributed by atoms with Crippen molar-refractivity contribution in [2.24, 2.45) is 10.9 Å². The minimum Gasteiger partial charge on any atom is -0.495 e. The Morgan fingerprint density at radius 2 is 2.11 bits per heavy atom. The number of hydrogen-bond acceptors (Lipinski definition) is 4. The number of guanidine groups is 1. The molecule has 1 aliphatic heterocycles. The van der Waals surface area contributed by atoms with Gasteiger partial charge in [-0.15, -0.1) is 24.0 Å². The van der Waals surface area contributed by atoms with Crippen LogP contribution in [0.4, 0.5) is 5.69 Å². The summed E-state index contributed by atoms with van der Waals surface area (Å²) in [5.74, 6) is 3.21. The second kappa shape index (κ2) is 11.1. The highest BCUT2D eigenvalue weighted by Gasteiger charge is 2.24. The van der Waals surface area contributed by atoms with Crippen LogP contribution in [0.2, 0.25) is 0 Å². The van der Waals surface area contributed by atoms with Gasteiger partial charge in [-0.3, -0.25) is 0 Å². The molecule has 1 aromatic carbocycles. The molecular weight excluding hydrogens is 455 g/mol. The zero-order chi connectivity index (χ0) is 18.2. The summed E-state index contributed by atoms with van der Waals surface area (Å²) in [6.07, 6.45) is 2.83. The molecule has 0 radical (unpaired) electrons. The van der Waals surface area contributed by atoms with E-state index in [0.717, 1.165) is 50.1 Å². The number of anilines is 1. The molecule has 6 nitrogen and oxygen atoms in total. The van der Waals surface area contributed by atoms with E-state index in [1.807, 2.05) is 24.3 Å². The van der Waals surface area contributed by atoms with Gasteiger partial charge in [0.1, 0.15) is 18.1 Å². The van der Waals surface area contributed by atoms with Gasteiger partial charge < -0.3 is 24.7 Å². The van der Waals surface area contributed by atoms with Crippen molar-refractivity contribution < 1.29 is 9.15 Å². The fourth-order valence-electron chi connectivity index (χ4n) is 3.25. The summed E-state index contributed by atoms with van der Waals surface area (Å²) in [4.78, 5) is 6.99. The first-order chi connectivity index (χ1) is 12.8. The number of nitrogens with zero attached hydrogens (tertiary/aromatic N) is 2. The third-order valence-corrected chi connectivity index (χ3v) is 4.59. The van der Waals surface area contributed by atoms with Crippen molar-refractivity contribution in [2.45, 2.75) is 19.9 Å². The van der Waals surface area contributed by atoms with E-state index in [9.17, 15) is 0 Å². The number of aliphatic imine (C=N–C) groups is 1. The molecule has 1 fully saturated rings. The van der Waals surface area contributed by atoms with Crippen LogP contribution in [0.3, 0.4) is 0 Å². The molecule has 2 heterocycles. The van der Waals surface area contributed by atoms with E-state index in [0.29, 0.717) is 12.5 Å². The predicted octanol–water partition coefficient (Wildman–Crippen LogP) is 3.49. The maximum absolute atomic E-state index is 5.50. The lowest BCUT2D eigenvalue weighted by molar-refractivity contribution is 0.414. The minimum absolute atomic E-state index is 0. The molecule has 0 bridgehead atoms. The molecule has 2 N–H and O–H groups in total. The van der Waals surface area contributed by atoms with Gasteiger partial charge in [0, 0.05) is 26.2 Å². The van der Waals surface area contributed by atoms with Crippen LogP contribution in [0.5, 0.6) is 5.75 Å². The number of para-hydroxylation sites is 2. The minimum atomic E-state index is 0. The molecular formula is C20H29IN4O2. The number of hydrogen-bond donors (Lipinski definition) is 2. The van der Waals surface area contributed by atoms with E-state index in [1.165, 1.54) is 5.69 Å². The summed E-state index contributed by atoms with van der Waals surface area (Å²) in [5, 5.41) is 6.76. The molecule has 7 heteroatoms. The fourth-order valence-corrected chi connectivity index (χ4v) is 3.25. The smallest absolute Gasteiger partial charge is 0.191 e. The Balaban J connectivity index is 0.00000261. The lowest BCUT2D eigenvalue weighted by atomic mass is 10.1. The lowest BCUT2D eigenvalue weighted by Gasteiger charge is -2.21. The van der Waals surface area contributed by atoms with E-state index < -0.39 is 0 Å². The summed E-state index contributed by atoms with van der Waals surface area (Å²) < 4.78 is 10.8. The van der Waals surface area contributed by atoms with Crippen LogP contribution in [0.25, 0.3) is 0 Å². The third-order valence-electron chi connectivity index (χ3n) is 4.59. The fraction of sp³-hybridized carbons (Fsp3) is 0.450. The van der Waals surface area contributed by atoms with Crippen LogP contribution in [0, 0.1) is 5.92 Å². The Morgan fingerprint density at radius 1 is 1.26 bits per heavy atom. The molecule has 1 aromatic heterocycles. The van der Waals surface area contributed by atoms with E-state index in [1.54, 1.807) is 13.4 Å². The molecule has 0 amide bonds. The molecule has 0 spiro atoms. The number of nitrogens with one attached hydrogen (secondary N) is 2. The third kappa shape index (κ3) is 6.05. The van der Waals surface area contributed by atoms with Gasteiger partial charge in [-0.05, 0) is 43.5 Å². The summed E-state index contributed by atoms with van der Waals surface area (Å²) >= 11 is 0. The van der Waals surface area contributed by atoms with E-state index >= 15 is 0 Å². The molecule has 148 valence electrons. The second-order valence-electron chi connectivity index (χ2n) is 6.43. The Bertz CT molecular complexity index is 706. The topological polar surface area (TPSA) is 62.0 Å². The molecule has 1 atom stereocenters. The highest BCUT2D eigenvalue weighted by atomic mass is 127. The second-order valence-corrected chi connectivity index (χ2v) is 6.43. The van der Waals surface area contributed by atoms with Gasteiger partial charge in [-0.1, -0.05) is 12.1 Å². The zero-order valence-corrected chi connectivity index (χ0v) is 18.3. The maximum atomic E-state index is 5.50. The number of methoxy groups -OCH3 is 1. The van der Waals surface area contributed by atoms with Crippen LogP contribution in [0.15, 0.2) is 52.1 Å². The van der Waals surface area contributed by atoms with E-state index in [4.69, 9.17) is 9.15 Å². The molecule has 0 aliphatic carbocycles. The Kier molecular flexibility index (Phi) is 8.77. The van der Waals surface area contributed by atoms with Gasteiger partial charge in [0.25, 0.3) is 0 Å². The number of furan rings is 1. The number of benzene rings is 1. The number of halogens is 1. The van der Waals surface area contributed by atoms with Crippen LogP contribution in [-0.2, 0) is 6.54 Å². The Labute approximate surface area is 178 Å². The lowest BCUT2D eigenvalue weighted by Crippen LogP contribution is -2.40. The number of ether oxygens (including phenoxy) is 1. The van der Waals surface area contributed by atoms with E-state index in [-0.39, 0.29) is 24.0 Å². The van der Waals surface area contributed by atoms with Gasteiger partial charge in [0.05, 0.1) is 19.1 Å². The molecule has 27 heavy (non-hydrogen) atoms. The average Bonchev–Trinajstić information content (AvgIpc) is 3.36. The molecule has 0 saturated carbocycles. The van der Waals surface area contributed by atoms with Crippen molar-refractivity contribution in [2.75, 3.05) is 38.2 Å². The van der Waals surface area contributed by atoms with Gasteiger partial charge in [0.2, 0.25) is 0 Å². The molecule has 2 aromatic rings. The van der Waals surface area contributed by atoms with Crippen molar-refractivity contribution in [3.63, 3.8) is 0 Å². The maximum Gasteiger partial charge on any atom is 0.191 e. The van der Waals surface area contributed by atoms with Gasteiger partial charge >= 0.3 is 0 Å². The van der Waals surface area contributed by atoms with Crippen molar-refractivity contribution in [3.05, 3.63) is 48.4 Å². The van der Waals surface area contributed by atoms with Crippen molar-refractivity contribution in [1.82, 2.24) is 10.6 Å². The zero-order valence-electron chi connectivity index (χ0n) is 16.0. The van der Waals surface area contributed by atoms with Crippen LogP contribution in [0.1, 0.15) is 19.1 Å². The highest BCUT2D eigenvalue weighted by Crippen LogP contribution is 2.31.